The Labute approximate surface area is 207 Å². The maximum atomic E-state index is 13.5. The quantitative estimate of drug-likeness (QED) is 0.397. The molecule has 5 rings (SSSR count). The Hall–Kier alpha value is -1.03. The summed E-state index contributed by atoms with van der Waals surface area (Å²) in [6, 6.07) is 0. The first kappa shape index (κ1) is 25.6. The van der Waals surface area contributed by atoms with Gasteiger partial charge in [0, 0.05) is 17.9 Å². The highest BCUT2D eigenvalue weighted by molar-refractivity contribution is 5.85. The average Bonchev–Trinajstić information content (AvgIpc) is 3.38. The zero-order valence-electron chi connectivity index (χ0n) is 21.5. The Morgan fingerprint density at radius 1 is 1.17 bits per heavy atom. The monoisotopic (exact) mass is 494 g/mol. The number of aliphatic hydroxyl groups is 3. The number of fused-ring (bicyclic) bond motifs is 2. The molecule has 0 aromatic rings. The number of aliphatic carboxylic acids is 1. The number of carbonyl (C=O) groups is 1. The van der Waals surface area contributed by atoms with Gasteiger partial charge >= 0.3 is 5.97 Å². The highest BCUT2D eigenvalue weighted by Gasteiger charge is 2.84. The zero-order valence-corrected chi connectivity index (χ0v) is 21.5. The molecular formula is C27H42O8. The van der Waals surface area contributed by atoms with Gasteiger partial charge in [-0.15, -0.1) is 0 Å². The van der Waals surface area contributed by atoms with E-state index >= 15 is 0 Å². The molecule has 0 aromatic carbocycles. The number of carboxylic acid groups (broad SMARTS) is 1. The van der Waals surface area contributed by atoms with Gasteiger partial charge in [0.15, 0.2) is 6.29 Å². The van der Waals surface area contributed by atoms with Crippen molar-refractivity contribution in [1.29, 1.82) is 0 Å². The number of aliphatic hydroxyl groups excluding tert-OH is 3. The van der Waals surface area contributed by atoms with E-state index in [2.05, 4.69) is 13.0 Å². The summed E-state index contributed by atoms with van der Waals surface area (Å²) in [4.78, 5) is 13.5. The lowest BCUT2D eigenvalue weighted by Gasteiger charge is -2.60. The molecule has 0 aromatic heterocycles. The van der Waals surface area contributed by atoms with Crippen molar-refractivity contribution < 1.29 is 39.4 Å². The largest absolute Gasteiger partial charge is 0.481 e. The van der Waals surface area contributed by atoms with Crippen LogP contribution in [0.25, 0.3) is 0 Å². The normalized spacial score (nSPS) is 52.6. The predicted molar refractivity (Wildman–Crippen MR) is 126 cm³/mol. The summed E-state index contributed by atoms with van der Waals surface area (Å²) in [5.74, 6) is 0.0692. The van der Waals surface area contributed by atoms with Gasteiger partial charge in [0.05, 0.1) is 19.3 Å². The number of hydrogen-bond acceptors (Lipinski definition) is 7. The molecule has 4 fully saturated rings. The molecule has 0 spiro atoms. The first-order valence-corrected chi connectivity index (χ1v) is 13.2. The number of carboxylic acids is 1. The Bertz CT molecular complexity index is 888. The minimum Gasteiger partial charge on any atom is -0.481 e. The molecule has 8 nitrogen and oxygen atoms in total. The number of allylic oxidation sites excluding steroid dienone is 1. The highest BCUT2D eigenvalue weighted by Crippen LogP contribution is 2.83. The van der Waals surface area contributed by atoms with E-state index in [0.717, 1.165) is 18.4 Å². The van der Waals surface area contributed by atoms with Crippen LogP contribution in [0.5, 0.6) is 0 Å². The van der Waals surface area contributed by atoms with E-state index in [1.165, 1.54) is 7.11 Å². The number of hydrogen-bond donors (Lipinski definition) is 4. The van der Waals surface area contributed by atoms with Crippen LogP contribution in [0.1, 0.15) is 53.4 Å². The predicted octanol–water partition coefficient (Wildman–Crippen LogP) is 2.20. The topological polar surface area (TPSA) is 126 Å². The van der Waals surface area contributed by atoms with Crippen LogP contribution >= 0.6 is 0 Å². The molecule has 0 amide bonds. The number of methoxy groups -OCH3 is 1. The van der Waals surface area contributed by atoms with Crippen molar-refractivity contribution in [3.63, 3.8) is 0 Å². The lowest BCUT2D eigenvalue weighted by molar-refractivity contribution is -0.307. The van der Waals surface area contributed by atoms with Gasteiger partial charge in [-0.25, -0.2) is 0 Å². The van der Waals surface area contributed by atoms with Crippen LogP contribution < -0.4 is 0 Å². The van der Waals surface area contributed by atoms with Gasteiger partial charge in [0.2, 0.25) is 0 Å². The van der Waals surface area contributed by atoms with Crippen LogP contribution in [-0.4, -0.2) is 77.4 Å². The van der Waals surface area contributed by atoms with Gasteiger partial charge in [0.1, 0.15) is 23.7 Å². The van der Waals surface area contributed by atoms with Crippen molar-refractivity contribution in [3.05, 3.63) is 11.6 Å². The molecule has 5 aliphatic rings. The highest BCUT2D eigenvalue weighted by atomic mass is 16.7. The summed E-state index contributed by atoms with van der Waals surface area (Å²) >= 11 is 0. The fourth-order valence-electron chi connectivity index (χ4n) is 9.55. The molecule has 198 valence electrons. The van der Waals surface area contributed by atoms with Crippen LogP contribution in [0, 0.1) is 45.8 Å². The lowest BCUT2D eigenvalue weighted by Crippen LogP contribution is -2.65. The second-order valence-electron chi connectivity index (χ2n) is 12.3. The molecular weight excluding hydrogens is 452 g/mol. The molecule has 1 saturated heterocycles. The molecule has 3 saturated carbocycles. The third kappa shape index (κ3) is 2.98. The Balaban J connectivity index is 1.56. The van der Waals surface area contributed by atoms with Gasteiger partial charge in [-0.2, -0.15) is 0 Å². The van der Waals surface area contributed by atoms with Crippen molar-refractivity contribution in [2.75, 3.05) is 20.3 Å². The number of ether oxygens (including phenoxy) is 3. The van der Waals surface area contributed by atoms with Crippen LogP contribution in [-0.2, 0) is 19.0 Å². The smallest absolute Gasteiger partial charge is 0.315 e. The molecule has 4 bridgehead atoms. The van der Waals surface area contributed by atoms with Gasteiger partial charge in [0.25, 0.3) is 0 Å². The van der Waals surface area contributed by atoms with Crippen molar-refractivity contribution in [2.24, 2.45) is 45.8 Å². The van der Waals surface area contributed by atoms with E-state index < -0.39 is 52.9 Å². The van der Waals surface area contributed by atoms with Gasteiger partial charge in [-0.3, -0.25) is 4.79 Å². The van der Waals surface area contributed by atoms with Crippen molar-refractivity contribution in [2.45, 2.75) is 84.1 Å². The maximum absolute atomic E-state index is 13.5. The second-order valence-corrected chi connectivity index (χ2v) is 12.3. The fraction of sp³-hybridized carbons (Fsp3) is 0.889. The van der Waals surface area contributed by atoms with E-state index in [1.54, 1.807) is 6.92 Å². The van der Waals surface area contributed by atoms with E-state index in [0.29, 0.717) is 24.7 Å². The third-order valence-corrected chi connectivity index (χ3v) is 10.9. The average molecular weight is 495 g/mol. The van der Waals surface area contributed by atoms with Crippen LogP contribution in [0.3, 0.4) is 0 Å². The molecule has 4 N–H and O–H groups in total. The van der Waals surface area contributed by atoms with Gasteiger partial charge < -0.3 is 34.6 Å². The van der Waals surface area contributed by atoms with Crippen molar-refractivity contribution in [3.8, 4) is 0 Å². The Kier molecular flexibility index (Phi) is 6.22. The lowest BCUT2D eigenvalue weighted by atomic mass is 9.42. The van der Waals surface area contributed by atoms with Gasteiger partial charge in [-0.1, -0.05) is 38.8 Å². The minimum absolute atomic E-state index is 0.0258. The van der Waals surface area contributed by atoms with Crippen molar-refractivity contribution >= 4 is 5.97 Å². The molecule has 35 heavy (non-hydrogen) atoms. The Morgan fingerprint density at radius 3 is 2.49 bits per heavy atom. The molecule has 12 atom stereocenters. The van der Waals surface area contributed by atoms with Gasteiger partial charge in [-0.05, 0) is 55.8 Å². The summed E-state index contributed by atoms with van der Waals surface area (Å²) < 4.78 is 17.5. The molecule has 4 aliphatic carbocycles. The van der Waals surface area contributed by atoms with Crippen molar-refractivity contribution in [1.82, 2.24) is 0 Å². The summed E-state index contributed by atoms with van der Waals surface area (Å²) in [5, 5.41) is 43.4. The SMILES string of the molecule is CO[C@H]1[C@@H](O)[C@H](O)[C@H](OC[C@@]23C[C@@H]4[C@H](C)CC[C@H]4[C@@]4(CO)C[C@@H]2C=C(C(C)C)[C@]43C(=O)O)O[C@@H]1C. The standard InChI is InChI=1S/C27H42O8/c1-13(2)19-8-16-9-25(11-28)18-7-6-14(3)17(18)10-26(16,27(19,25)24(31)32)12-34-23-21(30)20(29)22(33-5)15(4)35-23/h8,13-18,20-23,28-30H,6-7,9-12H2,1-5H3,(H,31,32)/t14-,15-,16+,17-,18-,20+,21+,22-,23-,25+,26+,27+/m1/s1. The second kappa shape index (κ2) is 8.50. The first-order chi connectivity index (χ1) is 16.5. The minimum atomic E-state index is -1.31. The number of rotatable bonds is 7. The van der Waals surface area contributed by atoms with E-state index in [1.807, 2.05) is 13.8 Å². The molecule has 8 heteroatoms. The van der Waals surface area contributed by atoms with E-state index in [4.69, 9.17) is 14.2 Å². The van der Waals surface area contributed by atoms with Crippen LogP contribution in [0.15, 0.2) is 11.6 Å². The van der Waals surface area contributed by atoms with Crippen LogP contribution in [0.2, 0.25) is 0 Å². The Morgan fingerprint density at radius 2 is 1.89 bits per heavy atom. The summed E-state index contributed by atoms with van der Waals surface area (Å²) in [6.45, 7) is 8.03. The molecule has 0 unspecified atom stereocenters. The maximum Gasteiger partial charge on any atom is 0.315 e. The summed E-state index contributed by atoms with van der Waals surface area (Å²) in [6.07, 6.45) is 0.761. The molecule has 1 aliphatic heterocycles. The summed E-state index contributed by atoms with van der Waals surface area (Å²) in [5.41, 5.74) is -1.78. The molecule has 0 radical (unpaired) electrons. The summed E-state index contributed by atoms with van der Waals surface area (Å²) in [7, 11) is 1.46. The van der Waals surface area contributed by atoms with E-state index in [9.17, 15) is 25.2 Å². The van der Waals surface area contributed by atoms with Crippen LogP contribution in [0.4, 0.5) is 0 Å². The van der Waals surface area contributed by atoms with E-state index in [-0.39, 0.29) is 31.0 Å². The fourth-order valence-corrected chi connectivity index (χ4v) is 9.55. The molecule has 1 heterocycles. The third-order valence-electron chi connectivity index (χ3n) is 10.9. The first-order valence-electron chi connectivity index (χ1n) is 13.2. The zero-order chi connectivity index (χ0) is 25.5.